The third-order valence-corrected chi connectivity index (χ3v) is 9.23. The molecule has 2 amide bonds. The average Bonchev–Trinajstić information content (AvgIpc) is 3.95. The Bertz CT molecular complexity index is 2650. The molecule has 6 aromatic heterocycles. The summed E-state index contributed by atoms with van der Waals surface area (Å²) >= 11 is 0. The van der Waals surface area contributed by atoms with Gasteiger partial charge in [0, 0.05) is 38.3 Å². The van der Waals surface area contributed by atoms with Crippen LogP contribution in [0.25, 0.3) is 44.6 Å². The summed E-state index contributed by atoms with van der Waals surface area (Å²) in [4.78, 5) is 61.0. The molecule has 1 aromatic carbocycles. The standard InChI is InChI=1S/C39H42N12O5/c1-6-26-34(56-23(4)43-26)38(54)47-39-45-28-18-24(21-52)19-31(55-16-10-13-41-5)33(28)50(39)15-9-8-14-49-29-12-11-27(35(40)53)44-32(29)25-20-42-36(46-37(25)49)30-17-22(3)48-51(30)7-2/h8-9,11-12,17-21,41H,6-7,10,13-16H2,1-5H3,(H2,40,53)(H,45,47,54)/b9-8+. The lowest BCUT2D eigenvalue weighted by atomic mass is 10.2. The van der Waals surface area contributed by atoms with E-state index < -0.39 is 11.8 Å². The van der Waals surface area contributed by atoms with Gasteiger partial charge in [-0.1, -0.05) is 19.1 Å². The Kier molecular flexibility index (Phi) is 10.7. The van der Waals surface area contributed by atoms with Crippen LogP contribution in [0.1, 0.15) is 68.9 Å². The quantitative estimate of drug-likeness (QED) is 0.0689. The summed E-state index contributed by atoms with van der Waals surface area (Å²) < 4.78 is 17.5. The van der Waals surface area contributed by atoms with Crippen molar-refractivity contribution < 1.29 is 23.5 Å². The topological polar surface area (TPSA) is 216 Å². The molecule has 0 spiro atoms. The smallest absolute Gasteiger partial charge is 0.295 e. The lowest BCUT2D eigenvalue weighted by Crippen LogP contribution is -2.17. The average molecular weight is 759 g/mol. The Morgan fingerprint density at radius 3 is 2.55 bits per heavy atom. The maximum atomic E-state index is 13.6. The summed E-state index contributed by atoms with van der Waals surface area (Å²) in [5.41, 5.74) is 11.2. The van der Waals surface area contributed by atoms with E-state index in [1.165, 1.54) is 0 Å². The van der Waals surface area contributed by atoms with Crippen LogP contribution in [-0.4, -0.2) is 82.1 Å². The number of ether oxygens (including phenoxy) is 1. The van der Waals surface area contributed by atoms with Crippen LogP contribution in [-0.2, 0) is 26.1 Å². The minimum absolute atomic E-state index is 0.106. The number of amides is 2. The van der Waals surface area contributed by atoms with Crippen molar-refractivity contribution in [1.29, 1.82) is 0 Å². The molecule has 17 heteroatoms. The van der Waals surface area contributed by atoms with Crippen LogP contribution in [0.15, 0.2) is 53.1 Å². The second-order valence-corrected chi connectivity index (χ2v) is 13.1. The van der Waals surface area contributed by atoms with Crippen molar-refractivity contribution in [2.75, 3.05) is 25.5 Å². The van der Waals surface area contributed by atoms with Gasteiger partial charge in [-0.15, -0.1) is 0 Å². The number of allylic oxidation sites excluding steroid dienone is 2. The Hall–Kier alpha value is -6.75. The van der Waals surface area contributed by atoms with Crippen molar-refractivity contribution in [2.45, 2.75) is 60.2 Å². The summed E-state index contributed by atoms with van der Waals surface area (Å²) in [7, 11) is 1.87. The number of aromatic nitrogens is 9. The second kappa shape index (κ2) is 15.9. The zero-order chi connectivity index (χ0) is 39.5. The molecule has 6 heterocycles. The van der Waals surface area contributed by atoms with Gasteiger partial charge < -0.3 is 29.3 Å². The summed E-state index contributed by atoms with van der Waals surface area (Å²) in [5, 5.41) is 11.2. The summed E-state index contributed by atoms with van der Waals surface area (Å²) in [6, 6.07) is 8.66. The molecule has 56 heavy (non-hydrogen) atoms. The van der Waals surface area contributed by atoms with E-state index in [4.69, 9.17) is 24.9 Å². The first-order valence-corrected chi connectivity index (χ1v) is 18.3. The largest absolute Gasteiger partial charge is 0.491 e. The van der Waals surface area contributed by atoms with Gasteiger partial charge in [-0.05, 0) is 70.6 Å². The second-order valence-electron chi connectivity index (χ2n) is 13.1. The minimum Gasteiger partial charge on any atom is -0.491 e. The molecule has 17 nitrogen and oxygen atoms in total. The Morgan fingerprint density at radius 2 is 1.82 bits per heavy atom. The van der Waals surface area contributed by atoms with Gasteiger partial charge in [-0.3, -0.25) is 24.4 Å². The number of hydrogen-bond donors (Lipinski definition) is 3. The minimum atomic E-state index is -0.641. The summed E-state index contributed by atoms with van der Waals surface area (Å²) in [5.74, 6) is 0.528. The lowest BCUT2D eigenvalue weighted by Gasteiger charge is -2.12. The Balaban J connectivity index is 1.29. The van der Waals surface area contributed by atoms with Crippen molar-refractivity contribution >= 4 is 57.1 Å². The van der Waals surface area contributed by atoms with Crippen LogP contribution >= 0.6 is 0 Å². The van der Waals surface area contributed by atoms with Crippen LogP contribution in [0, 0.1) is 13.8 Å². The maximum Gasteiger partial charge on any atom is 0.295 e. The number of rotatable bonds is 16. The van der Waals surface area contributed by atoms with E-state index in [9.17, 15) is 14.4 Å². The Morgan fingerprint density at radius 1 is 1.02 bits per heavy atom. The van der Waals surface area contributed by atoms with Gasteiger partial charge in [-0.2, -0.15) is 5.10 Å². The van der Waals surface area contributed by atoms with Crippen LogP contribution in [0.5, 0.6) is 5.75 Å². The van der Waals surface area contributed by atoms with E-state index in [0.717, 1.165) is 36.2 Å². The molecule has 0 saturated carbocycles. The van der Waals surface area contributed by atoms with Gasteiger partial charge in [0.25, 0.3) is 11.8 Å². The number of benzene rings is 1. The highest BCUT2D eigenvalue weighted by Crippen LogP contribution is 2.32. The number of carbonyl (C=O) groups is 3. The van der Waals surface area contributed by atoms with Gasteiger partial charge in [0.05, 0.1) is 34.4 Å². The van der Waals surface area contributed by atoms with Gasteiger partial charge in [0.1, 0.15) is 40.1 Å². The number of nitrogens with zero attached hydrogens (tertiary/aromatic N) is 9. The fraction of sp³-hybridized carbons (Fsp3) is 0.308. The van der Waals surface area contributed by atoms with E-state index in [1.807, 2.05) is 59.9 Å². The number of fused-ring (bicyclic) bond motifs is 4. The molecular formula is C39H42N12O5. The maximum absolute atomic E-state index is 13.6. The molecule has 0 aliphatic carbocycles. The van der Waals surface area contributed by atoms with Gasteiger partial charge in [0.15, 0.2) is 11.7 Å². The van der Waals surface area contributed by atoms with E-state index >= 15 is 0 Å². The van der Waals surface area contributed by atoms with Crippen LogP contribution in [0.2, 0.25) is 0 Å². The number of imidazole rings is 1. The molecule has 0 aliphatic rings. The van der Waals surface area contributed by atoms with Gasteiger partial charge >= 0.3 is 0 Å². The number of primary amides is 1. The number of pyridine rings is 1. The van der Waals surface area contributed by atoms with E-state index in [0.29, 0.717) is 82.4 Å². The van der Waals surface area contributed by atoms with E-state index in [2.05, 4.69) is 30.7 Å². The number of carbonyl (C=O) groups excluding carboxylic acids is 3. The monoisotopic (exact) mass is 758 g/mol. The molecule has 0 fully saturated rings. The lowest BCUT2D eigenvalue weighted by molar-refractivity contribution is 0.0986. The van der Waals surface area contributed by atoms with Crippen molar-refractivity contribution in [1.82, 2.24) is 49.2 Å². The number of nitrogens with two attached hydrogens (primary N) is 1. The Labute approximate surface area is 321 Å². The molecule has 0 aliphatic heterocycles. The third-order valence-electron chi connectivity index (χ3n) is 9.23. The molecule has 0 saturated heterocycles. The van der Waals surface area contributed by atoms with Crippen LogP contribution in [0.4, 0.5) is 5.95 Å². The fourth-order valence-electron chi connectivity index (χ4n) is 6.68. The van der Waals surface area contributed by atoms with Crippen LogP contribution < -0.4 is 21.1 Å². The summed E-state index contributed by atoms with van der Waals surface area (Å²) in [6.45, 7) is 9.89. The molecule has 7 rings (SSSR count). The molecule has 4 N–H and O–H groups in total. The molecule has 0 bridgehead atoms. The number of aldehydes is 1. The zero-order valence-corrected chi connectivity index (χ0v) is 31.8. The predicted octanol–water partition coefficient (Wildman–Crippen LogP) is 4.79. The molecule has 7 aromatic rings. The first-order valence-electron chi connectivity index (χ1n) is 18.3. The third kappa shape index (κ3) is 7.23. The van der Waals surface area contributed by atoms with Gasteiger partial charge in [-0.25, -0.2) is 24.9 Å². The highest BCUT2D eigenvalue weighted by molar-refractivity contribution is 6.06. The SMILES string of the molecule is CCc1nc(C)oc1C(=O)Nc1nc2cc(C=O)cc(OCCCNC)c2n1C/C=C/Cn1c2ccc(C(N)=O)nc2c2cnc(-c3cc(C)nn3CC)nc21. The number of oxazole rings is 1. The highest BCUT2D eigenvalue weighted by atomic mass is 16.5. The van der Waals surface area contributed by atoms with Crippen molar-refractivity contribution in [3.05, 3.63) is 83.0 Å². The van der Waals surface area contributed by atoms with Crippen molar-refractivity contribution in [3.8, 4) is 17.3 Å². The number of nitrogens with one attached hydrogen (secondary N) is 2. The normalized spacial score (nSPS) is 11.7. The zero-order valence-electron chi connectivity index (χ0n) is 31.8. The highest BCUT2D eigenvalue weighted by Gasteiger charge is 2.23. The van der Waals surface area contributed by atoms with Crippen molar-refractivity contribution in [3.63, 3.8) is 0 Å². The van der Waals surface area contributed by atoms with E-state index in [-0.39, 0.29) is 23.9 Å². The molecular weight excluding hydrogens is 717 g/mol. The predicted molar refractivity (Wildman–Crippen MR) is 210 cm³/mol. The first-order chi connectivity index (χ1) is 27.1. The van der Waals surface area contributed by atoms with Crippen LogP contribution in [0.3, 0.4) is 0 Å². The first kappa shape index (κ1) is 37.6. The van der Waals surface area contributed by atoms with Gasteiger partial charge in [0.2, 0.25) is 11.7 Å². The fourth-order valence-corrected chi connectivity index (χ4v) is 6.68. The molecule has 288 valence electrons. The number of anilines is 1. The molecule has 0 atom stereocenters. The summed E-state index contributed by atoms with van der Waals surface area (Å²) in [6.07, 6.45) is 7.57. The molecule has 0 radical (unpaired) electrons. The number of aryl methyl sites for hydroxylation is 4. The number of hydrogen-bond acceptors (Lipinski definition) is 12. The molecule has 0 unspecified atom stereocenters. The van der Waals surface area contributed by atoms with Crippen molar-refractivity contribution in [2.24, 2.45) is 5.73 Å². The van der Waals surface area contributed by atoms with E-state index in [1.54, 1.807) is 37.4 Å².